The van der Waals surface area contributed by atoms with Gasteiger partial charge in [-0.3, -0.25) is 14.5 Å². The van der Waals surface area contributed by atoms with Gasteiger partial charge in [0.2, 0.25) is 0 Å². The highest BCUT2D eigenvalue weighted by molar-refractivity contribution is 9.12. The second-order valence-electron chi connectivity index (χ2n) is 10.1. The molecule has 2 aromatic carbocycles. The van der Waals surface area contributed by atoms with Crippen molar-refractivity contribution >= 4 is 43.8 Å². The van der Waals surface area contributed by atoms with Gasteiger partial charge in [0.05, 0.1) is 19.3 Å². The molecular formula is C30H43Br2NO7. The second-order valence-corrected chi connectivity index (χ2v) is 12.1. The summed E-state index contributed by atoms with van der Waals surface area (Å²) in [5.41, 5.74) is 3.94. The number of phenolic OH excluding ortho intramolecular Hbond substituents is 2. The van der Waals surface area contributed by atoms with Gasteiger partial charge in [-0.25, -0.2) is 0 Å². The zero-order chi connectivity index (χ0) is 30.6. The average molecular weight is 689 g/mol. The number of hydrogen-bond acceptors (Lipinski definition) is 8. The Hall–Kier alpha value is -2.14. The molecule has 2 aromatic rings. The van der Waals surface area contributed by atoms with E-state index in [9.17, 15) is 19.8 Å². The standard InChI is InChI=1S/C22H31NO3.C8H12Br2O4/c1-15-8-7-9-18(10-15)20(26-6)14-23(5)22(3,4)13-17-11-16(2)21(25)19(24)12-17;1-3-13-7(11)5(9)6(10)8(12)14-4-2/h7-12,20,24-25H,13-14H2,1-6H3;5-6H,3-4H2,1-2H3. The molecule has 2 N–H and O–H groups in total. The third-order valence-electron chi connectivity index (χ3n) is 6.43. The van der Waals surface area contributed by atoms with E-state index in [2.05, 4.69) is 88.8 Å². The quantitative estimate of drug-likeness (QED) is 0.159. The number of carbonyl (C=O) groups excluding carboxylic acids is 2. The zero-order valence-corrected chi connectivity index (χ0v) is 27.8. The topological polar surface area (TPSA) is 106 Å². The first-order valence-electron chi connectivity index (χ1n) is 13.1. The van der Waals surface area contributed by atoms with Crippen LogP contribution in [-0.2, 0) is 30.2 Å². The average Bonchev–Trinajstić information content (AvgIpc) is 2.89. The molecule has 0 fully saturated rings. The minimum Gasteiger partial charge on any atom is -0.504 e. The van der Waals surface area contributed by atoms with Crippen LogP contribution in [0, 0.1) is 13.8 Å². The molecule has 0 radical (unpaired) electrons. The number of hydrogen-bond donors (Lipinski definition) is 2. The molecule has 0 aromatic heterocycles. The van der Waals surface area contributed by atoms with Crippen LogP contribution in [0.25, 0.3) is 0 Å². The van der Waals surface area contributed by atoms with Crippen molar-refractivity contribution in [3.05, 3.63) is 58.7 Å². The van der Waals surface area contributed by atoms with E-state index in [0.717, 1.165) is 18.5 Å². The first-order valence-corrected chi connectivity index (χ1v) is 14.9. The first kappa shape index (κ1) is 35.9. The highest BCUT2D eigenvalue weighted by Crippen LogP contribution is 2.32. The van der Waals surface area contributed by atoms with E-state index in [1.165, 1.54) is 11.1 Å². The number of nitrogens with zero attached hydrogens (tertiary/aromatic N) is 1. The Morgan fingerprint density at radius 2 is 1.52 bits per heavy atom. The van der Waals surface area contributed by atoms with Crippen molar-refractivity contribution in [2.75, 3.05) is 33.9 Å². The predicted octanol–water partition coefficient (Wildman–Crippen LogP) is 5.99. The largest absolute Gasteiger partial charge is 0.504 e. The number of carbonyl (C=O) groups is 2. The molecule has 0 spiro atoms. The lowest BCUT2D eigenvalue weighted by Crippen LogP contribution is -2.45. The molecular weight excluding hydrogens is 646 g/mol. The summed E-state index contributed by atoms with van der Waals surface area (Å²) in [6, 6.07) is 12.0. The summed E-state index contributed by atoms with van der Waals surface area (Å²) in [6.07, 6.45) is 0.747. The number of esters is 2. The van der Waals surface area contributed by atoms with Gasteiger partial charge in [0.15, 0.2) is 11.5 Å². The summed E-state index contributed by atoms with van der Waals surface area (Å²) in [7, 11) is 3.84. The van der Waals surface area contributed by atoms with Crippen LogP contribution >= 0.6 is 31.9 Å². The predicted molar refractivity (Wildman–Crippen MR) is 165 cm³/mol. The number of benzene rings is 2. The van der Waals surface area contributed by atoms with E-state index in [1.807, 2.05) is 6.07 Å². The summed E-state index contributed by atoms with van der Waals surface area (Å²) < 4.78 is 15.2. The maximum atomic E-state index is 11.2. The molecule has 0 bridgehead atoms. The maximum Gasteiger partial charge on any atom is 0.321 e. The van der Waals surface area contributed by atoms with Crippen molar-refractivity contribution in [2.45, 2.75) is 69.3 Å². The number of alkyl halides is 2. The summed E-state index contributed by atoms with van der Waals surface area (Å²) >= 11 is 6.12. The number of rotatable bonds is 12. The SMILES string of the molecule is CCOC(=O)C(Br)C(Br)C(=O)OCC.COC(CN(C)C(C)(C)Cc1cc(C)c(O)c(O)c1)c1cccc(C)c1. The Morgan fingerprint density at radius 1 is 0.975 bits per heavy atom. The molecule has 0 saturated heterocycles. The van der Waals surface area contributed by atoms with E-state index in [-0.39, 0.29) is 36.4 Å². The lowest BCUT2D eigenvalue weighted by molar-refractivity contribution is -0.148. The van der Waals surface area contributed by atoms with Gasteiger partial charge >= 0.3 is 11.9 Å². The van der Waals surface area contributed by atoms with Crippen molar-refractivity contribution in [1.82, 2.24) is 4.90 Å². The molecule has 3 unspecified atom stereocenters. The van der Waals surface area contributed by atoms with Crippen LogP contribution in [0.3, 0.4) is 0 Å². The van der Waals surface area contributed by atoms with Crippen molar-refractivity contribution < 1.29 is 34.0 Å². The van der Waals surface area contributed by atoms with Crippen molar-refractivity contribution in [3.8, 4) is 11.5 Å². The Balaban J connectivity index is 0.000000486. The van der Waals surface area contributed by atoms with Crippen molar-refractivity contribution in [2.24, 2.45) is 0 Å². The number of likely N-dealkylation sites (N-methyl/N-ethyl adjacent to an activating group) is 1. The van der Waals surface area contributed by atoms with Gasteiger partial charge in [-0.15, -0.1) is 0 Å². The summed E-state index contributed by atoms with van der Waals surface area (Å²) in [5, 5.41) is 19.7. The second kappa shape index (κ2) is 17.0. The van der Waals surface area contributed by atoms with Gasteiger partial charge in [0.1, 0.15) is 9.65 Å². The van der Waals surface area contributed by atoms with Crippen LogP contribution < -0.4 is 0 Å². The highest BCUT2D eigenvalue weighted by Gasteiger charge is 2.31. The van der Waals surface area contributed by atoms with E-state index < -0.39 is 21.6 Å². The van der Waals surface area contributed by atoms with Crippen LogP contribution in [0.2, 0.25) is 0 Å². The molecule has 3 atom stereocenters. The van der Waals surface area contributed by atoms with Gasteiger partial charge in [0, 0.05) is 19.2 Å². The molecule has 0 saturated carbocycles. The molecule has 2 rings (SSSR count). The minimum atomic E-state index is -0.721. The molecule has 40 heavy (non-hydrogen) atoms. The Morgan fingerprint density at radius 3 is 1.98 bits per heavy atom. The van der Waals surface area contributed by atoms with Crippen LogP contribution in [0.1, 0.15) is 56.1 Å². The smallest absolute Gasteiger partial charge is 0.321 e. The number of ether oxygens (including phenoxy) is 3. The number of phenols is 2. The van der Waals surface area contributed by atoms with E-state index in [4.69, 9.17) is 14.2 Å². The lowest BCUT2D eigenvalue weighted by atomic mass is 9.91. The Kier molecular flexibility index (Phi) is 15.2. The van der Waals surface area contributed by atoms with E-state index in [0.29, 0.717) is 5.56 Å². The maximum absolute atomic E-state index is 11.2. The first-order chi connectivity index (χ1) is 18.7. The number of methoxy groups -OCH3 is 1. The number of aromatic hydroxyl groups is 2. The van der Waals surface area contributed by atoms with Gasteiger partial charge in [0.25, 0.3) is 0 Å². The highest BCUT2D eigenvalue weighted by atomic mass is 79.9. The minimum absolute atomic E-state index is 0.00543. The van der Waals surface area contributed by atoms with E-state index >= 15 is 0 Å². The normalized spacial score (nSPS) is 13.6. The summed E-state index contributed by atoms with van der Waals surface area (Å²) in [4.78, 5) is 23.2. The molecule has 0 amide bonds. The Bertz CT molecular complexity index is 1060. The molecule has 0 aliphatic carbocycles. The van der Waals surface area contributed by atoms with Crippen LogP contribution in [0.4, 0.5) is 0 Å². The molecule has 8 nitrogen and oxygen atoms in total. The fraction of sp³-hybridized carbons (Fsp3) is 0.533. The van der Waals surface area contributed by atoms with Gasteiger partial charge in [-0.1, -0.05) is 67.8 Å². The number of aryl methyl sites for hydroxylation is 2. The van der Waals surface area contributed by atoms with Crippen LogP contribution in [0.15, 0.2) is 36.4 Å². The molecule has 224 valence electrons. The fourth-order valence-electron chi connectivity index (χ4n) is 3.94. The molecule has 0 heterocycles. The molecule has 0 aliphatic rings. The molecule has 0 aliphatic heterocycles. The zero-order valence-electron chi connectivity index (χ0n) is 24.7. The summed E-state index contributed by atoms with van der Waals surface area (Å²) in [5.74, 6) is -1.07. The van der Waals surface area contributed by atoms with Crippen molar-refractivity contribution in [1.29, 1.82) is 0 Å². The van der Waals surface area contributed by atoms with Gasteiger partial charge in [-0.05, 0) is 77.8 Å². The third-order valence-corrected chi connectivity index (χ3v) is 8.94. The van der Waals surface area contributed by atoms with Gasteiger partial charge < -0.3 is 24.4 Å². The Labute approximate surface area is 255 Å². The van der Waals surface area contributed by atoms with Gasteiger partial charge in [-0.2, -0.15) is 0 Å². The van der Waals surface area contributed by atoms with Crippen molar-refractivity contribution in [3.63, 3.8) is 0 Å². The summed E-state index contributed by atoms with van der Waals surface area (Å²) in [6.45, 7) is 13.0. The van der Waals surface area contributed by atoms with Crippen LogP contribution in [-0.4, -0.2) is 76.2 Å². The monoisotopic (exact) mass is 687 g/mol. The van der Waals surface area contributed by atoms with E-state index in [1.54, 1.807) is 33.9 Å². The number of halogens is 2. The third kappa shape index (κ3) is 11.0. The lowest BCUT2D eigenvalue weighted by Gasteiger charge is -2.38. The fourth-order valence-corrected chi connectivity index (χ4v) is 4.63. The molecule has 10 heteroatoms. The van der Waals surface area contributed by atoms with Crippen LogP contribution in [0.5, 0.6) is 11.5 Å².